The van der Waals surface area contributed by atoms with Crippen molar-refractivity contribution in [2.24, 2.45) is 5.92 Å². The van der Waals surface area contributed by atoms with Crippen molar-refractivity contribution in [3.63, 3.8) is 0 Å². The average molecular weight is 292 g/mol. The van der Waals surface area contributed by atoms with E-state index in [9.17, 15) is 5.11 Å². The summed E-state index contributed by atoms with van der Waals surface area (Å²) in [4.78, 5) is 4.30. The van der Waals surface area contributed by atoms with E-state index in [1.54, 1.807) is 26.4 Å². The van der Waals surface area contributed by atoms with Gasteiger partial charge in [-0.3, -0.25) is 0 Å². The molecule has 0 aliphatic heterocycles. The van der Waals surface area contributed by atoms with Crippen molar-refractivity contribution in [2.75, 3.05) is 14.2 Å². The largest absolute Gasteiger partial charge is 0.493 e. The maximum atomic E-state index is 9.85. The molecule has 1 heterocycles. The van der Waals surface area contributed by atoms with Crippen LogP contribution in [-0.4, -0.2) is 35.6 Å². The second-order valence-electron chi connectivity index (χ2n) is 5.10. The Hall–Kier alpha value is -2.08. The molecule has 1 N–H and O–H groups in total. The van der Waals surface area contributed by atoms with Gasteiger partial charge in [-0.2, -0.15) is 4.98 Å². The number of hydrogen-bond acceptors (Lipinski definition) is 6. The molecule has 0 aliphatic carbocycles. The minimum absolute atomic E-state index is 0.140. The number of rotatable bonds is 6. The lowest BCUT2D eigenvalue weighted by molar-refractivity contribution is 0.116. The topological polar surface area (TPSA) is 77.6 Å². The van der Waals surface area contributed by atoms with Crippen molar-refractivity contribution in [3.8, 4) is 22.9 Å². The molecule has 1 aromatic carbocycles. The number of nitrogens with zero attached hydrogens (tertiary/aromatic N) is 2. The van der Waals surface area contributed by atoms with Crippen LogP contribution in [-0.2, 0) is 6.42 Å². The number of aliphatic hydroxyl groups is 1. The molecule has 0 spiro atoms. The summed E-state index contributed by atoms with van der Waals surface area (Å²) < 4.78 is 15.6. The third-order valence-electron chi connectivity index (χ3n) is 3.26. The second kappa shape index (κ2) is 6.58. The van der Waals surface area contributed by atoms with E-state index in [0.717, 1.165) is 5.56 Å². The molecule has 0 amide bonds. The van der Waals surface area contributed by atoms with E-state index in [1.165, 1.54) is 0 Å². The van der Waals surface area contributed by atoms with Crippen LogP contribution in [0.1, 0.15) is 19.7 Å². The summed E-state index contributed by atoms with van der Waals surface area (Å²) in [6.45, 7) is 3.88. The van der Waals surface area contributed by atoms with Crippen LogP contribution in [0.2, 0.25) is 0 Å². The fourth-order valence-corrected chi connectivity index (χ4v) is 1.84. The van der Waals surface area contributed by atoms with E-state index >= 15 is 0 Å². The van der Waals surface area contributed by atoms with Crippen molar-refractivity contribution >= 4 is 0 Å². The summed E-state index contributed by atoms with van der Waals surface area (Å²) in [5.41, 5.74) is 0.765. The molecule has 1 atom stereocenters. The quantitative estimate of drug-likeness (QED) is 0.880. The minimum atomic E-state index is -0.497. The molecule has 6 heteroatoms. The summed E-state index contributed by atoms with van der Waals surface area (Å²) in [6, 6.07) is 5.40. The predicted molar refractivity (Wildman–Crippen MR) is 77.4 cm³/mol. The van der Waals surface area contributed by atoms with Crippen molar-refractivity contribution in [1.82, 2.24) is 10.1 Å². The van der Waals surface area contributed by atoms with Gasteiger partial charge in [0.25, 0.3) is 0 Å². The zero-order chi connectivity index (χ0) is 15.4. The monoisotopic (exact) mass is 292 g/mol. The Balaban J connectivity index is 2.21. The fourth-order valence-electron chi connectivity index (χ4n) is 1.84. The third kappa shape index (κ3) is 3.52. The first-order valence-electron chi connectivity index (χ1n) is 6.78. The number of aliphatic hydroxyl groups excluding tert-OH is 1. The zero-order valence-corrected chi connectivity index (χ0v) is 12.7. The van der Waals surface area contributed by atoms with Crippen molar-refractivity contribution in [1.29, 1.82) is 0 Å². The minimum Gasteiger partial charge on any atom is -0.493 e. The fraction of sp³-hybridized carbons (Fsp3) is 0.467. The third-order valence-corrected chi connectivity index (χ3v) is 3.26. The first-order chi connectivity index (χ1) is 10.0. The smallest absolute Gasteiger partial charge is 0.229 e. The van der Waals surface area contributed by atoms with E-state index in [0.29, 0.717) is 29.6 Å². The van der Waals surface area contributed by atoms with Crippen LogP contribution >= 0.6 is 0 Å². The number of methoxy groups -OCH3 is 2. The predicted octanol–water partition coefficient (Wildman–Crippen LogP) is 2.31. The summed E-state index contributed by atoms with van der Waals surface area (Å²) >= 11 is 0. The molecule has 21 heavy (non-hydrogen) atoms. The lowest BCUT2D eigenvalue weighted by Gasteiger charge is -2.10. The summed E-state index contributed by atoms with van der Waals surface area (Å²) in [5, 5.41) is 13.8. The number of hydrogen-bond donors (Lipinski definition) is 1. The van der Waals surface area contributed by atoms with Gasteiger partial charge in [0, 0.05) is 5.56 Å². The van der Waals surface area contributed by atoms with Crippen LogP contribution in [0.4, 0.5) is 0 Å². The molecule has 1 aromatic heterocycles. The van der Waals surface area contributed by atoms with Gasteiger partial charge >= 0.3 is 0 Å². The maximum Gasteiger partial charge on any atom is 0.229 e. The molecular formula is C15H20N2O4. The second-order valence-corrected chi connectivity index (χ2v) is 5.10. The molecule has 0 bridgehead atoms. The Bertz CT molecular complexity index is 595. The van der Waals surface area contributed by atoms with E-state index in [-0.39, 0.29) is 5.92 Å². The first kappa shape index (κ1) is 15.3. The summed E-state index contributed by atoms with van der Waals surface area (Å²) in [7, 11) is 3.15. The maximum absolute atomic E-state index is 9.85. The molecule has 6 nitrogen and oxygen atoms in total. The lowest BCUT2D eigenvalue weighted by atomic mass is 10.0. The first-order valence-corrected chi connectivity index (χ1v) is 6.78. The summed E-state index contributed by atoms with van der Waals surface area (Å²) in [6.07, 6.45) is -0.151. The normalized spacial score (nSPS) is 12.5. The molecule has 2 aromatic rings. The molecule has 0 saturated carbocycles. The molecular weight excluding hydrogens is 272 g/mol. The Morgan fingerprint density at radius 1 is 1.19 bits per heavy atom. The highest BCUT2D eigenvalue weighted by Gasteiger charge is 2.16. The average Bonchev–Trinajstić information content (AvgIpc) is 2.94. The van der Waals surface area contributed by atoms with Crippen LogP contribution in [0.3, 0.4) is 0 Å². The van der Waals surface area contributed by atoms with Gasteiger partial charge in [-0.25, -0.2) is 0 Å². The van der Waals surface area contributed by atoms with Gasteiger partial charge in [0.05, 0.1) is 26.7 Å². The summed E-state index contributed by atoms with van der Waals surface area (Å²) in [5.74, 6) is 2.26. The highest BCUT2D eigenvalue weighted by Crippen LogP contribution is 2.31. The molecule has 2 rings (SSSR count). The van der Waals surface area contributed by atoms with Crippen LogP contribution < -0.4 is 9.47 Å². The van der Waals surface area contributed by atoms with E-state index in [2.05, 4.69) is 10.1 Å². The zero-order valence-electron chi connectivity index (χ0n) is 12.7. The highest BCUT2D eigenvalue weighted by atomic mass is 16.5. The molecule has 114 valence electrons. The van der Waals surface area contributed by atoms with Gasteiger partial charge in [0.15, 0.2) is 11.5 Å². The van der Waals surface area contributed by atoms with Gasteiger partial charge in [0.1, 0.15) is 0 Å². The van der Waals surface area contributed by atoms with Gasteiger partial charge in [-0.1, -0.05) is 19.0 Å². The molecule has 0 radical (unpaired) electrons. The lowest BCUT2D eigenvalue weighted by Crippen LogP contribution is -2.17. The van der Waals surface area contributed by atoms with Gasteiger partial charge < -0.3 is 19.1 Å². The molecule has 0 aliphatic rings. The van der Waals surface area contributed by atoms with E-state index < -0.39 is 6.10 Å². The highest BCUT2D eigenvalue weighted by molar-refractivity contribution is 5.60. The Labute approximate surface area is 123 Å². The van der Waals surface area contributed by atoms with Crippen LogP contribution in [0, 0.1) is 5.92 Å². The molecule has 0 saturated heterocycles. The number of benzene rings is 1. The van der Waals surface area contributed by atoms with E-state index in [4.69, 9.17) is 14.0 Å². The Morgan fingerprint density at radius 2 is 1.90 bits per heavy atom. The number of aromatic nitrogens is 2. The number of ether oxygens (including phenoxy) is 2. The standard InChI is InChI=1S/C15H20N2O4/c1-9(2)11(18)8-14-16-15(17-21-14)10-5-6-12(19-3)13(7-10)20-4/h5-7,9,11,18H,8H2,1-4H3. The van der Waals surface area contributed by atoms with Gasteiger partial charge in [-0.05, 0) is 24.1 Å². The Kier molecular flexibility index (Phi) is 4.80. The van der Waals surface area contributed by atoms with E-state index in [1.807, 2.05) is 19.9 Å². The van der Waals surface area contributed by atoms with Crippen molar-refractivity contribution in [3.05, 3.63) is 24.1 Å². The van der Waals surface area contributed by atoms with Gasteiger partial charge in [0.2, 0.25) is 11.7 Å². The van der Waals surface area contributed by atoms with Crippen molar-refractivity contribution in [2.45, 2.75) is 26.4 Å². The Morgan fingerprint density at radius 3 is 2.52 bits per heavy atom. The van der Waals surface area contributed by atoms with Gasteiger partial charge in [-0.15, -0.1) is 0 Å². The van der Waals surface area contributed by atoms with Crippen molar-refractivity contribution < 1.29 is 19.1 Å². The van der Waals surface area contributed by atoms with Crippen LogP contribution in [0.25, 0.3) is 11.4 Å². The molecule has 1 unspecified atom stereocenters. The van der Waals surface area contributed by atoms with Crippen LogP contribution in [0.5, 0.6) is 11.5 Å². The van der Waals surface area contributed by atoms with Crippen LogP contribution in [0.15, 0.2) is 22.7 Å². The molecule has 0 fully saturated rings. The SMILES string of the molecule is COc1ccc(-c2noc(CC(O)C(C)C)n2)cc1OC.